The summed E-state index contributed by atoms with van der Waals surface area (Å²) in [6, 6.07) is 2.71. The molecular weight excluding hydrogens is 278 g/mol. The minimum Gasteiger partial charge on any atom is -0.385 e. The maximum atomic E-state index is 13.9. The van der Waals surface area contributed by atoms with Crippen molar-refractivity contribution < 1.29 is 8.78 Å². The molecule has 0 amide bonds. The molecule has 1 heterocycles. The van der Waals surface area contributed by atoms with E-state index in [0.29, 0.717) is 12.2 Å². The molecule has 5 heteroatoms. The average Bonchev–Trinajstić information content (AvgIpc) is 2.26. The summed E-state index contributed by atoms with van der Waals surface area (Å²) >= 11 is 2.98. The number of fused-ring (bicyclic) bond motifs is 1. The Kier molecular flexibility index (Phi) is 3.05. The van der Waals surface area contributed by atoms with Crippen LogP contribution in [0.5, 0.6) is 0 Å². The van der Waals surface area contributed by atoms with Crippen LogP contribution in [0.25, 0.3) is 10.9 Å². The molecule has 0 spiro atoms. The molecule has 0 aliphatic heterocycles. The van der Waals surface area contributed by atoms with Crippen molar-refractivity contribution in [2.75, 3.05) is 11.9 Å². The topological polar surface area (TPSA) is 24.9 Å². The van der Waals surface area contributed by atoms with Crippen LogP contribution < -0.4 is 5.32 Å². The van der Waals surface area contributed by atoms with Crippen LogP contribution in [0.1, 0.15) is 6.92 Å². The highest BCUT2D eigenvalue weighted by Crippen LogP contribution is 2.31. The minimum atomic E-state index is -0.539. The van der Waals surface area contributed by atoms with Gasteiger partial charge in [-0.1, -0.05) is 0 Å². The van der Waals surface area contributed by atoms with Crippen LogP contribution in [0.3, 0.4) is 0 Å². The average molecular weight is 287 g/mol. The second-order valence-corrected chi connectivity index (χ2v) is 4.12. The van der Waals surface area contributed by atoms with E-state index in [4.69, 9.17) is 0 Å². The van der Waals surface area contributed by atoms with Crippen LogP contribution >= 0.6 is 15.9 Å². The van der Waals surface area contributed by atoms with Gasteiger partial charge in [0, 0.05) is 18.4 Å². The van der Waals surface area contributed by atoms with Crippen molar-refractivity contribution in [2.24, 2.45) is 0 Å². The Hall–Kier alpha value is -1.23. The first-order valence-corrected chi connectivity index (χ1v) is 5.60. The first kappa shape index (κ1) is 11.3. The van der Waals surface area contributed by atoms with Gasteiger partial charge in [-0.3, -0.25) is 4.98 Å². The summed E-state index contributed by atoms with van der Waals surface area (Å²) in [7, 11) is 0. The van der Waals surface area contributed by atoms with Crippen LogP contribution in [0.2, 0.25) is 0 Å². The van der Waals surface area contributed by atoms with E-state index >= 15 is 0 Å². The van der Waals surface area contributed by atoms with Crippen molar-refractivity contribution in [3.63, 3.8) is 0 Å². The van der Waals surface area contributed by atoms with Gasteiger partial charge in [-0.05, 0) is 35.0 Å². The first-order chi connectivity index (χ1) is 7.65. The lowest BCUT2D eigenvalue weighted by Gasteiger charge is -2.09. The van der Waals surface area contributed by atoms with Gasteiger partial charge >= 0.3 is 0 Å². The van der Waals surface area contributed by atoms with Gasteiger partial charge in [-0.15, -0.1) is 0 Å². The van der Waals surface area contributed by atoms with E-state index in [1.165, 1.54) is 6.20 Å². The Morgan fingerprint density at radius 3 is 2.88 bits per heavy atom. The molecule has 16 heavy (non-hydrogen) atoms. The Bertz CT molecular complexity index is 543. The maximum absolute atomic E-state index is 13.9. The summed E-state index contributed by atoms with van der Waals surface area (Å²) in [5.41, 5.74) is 0.587. The molecule has 2 nitrogen and oxygen atoms in total. The summed E-state index contributed by atoms with van der Waals surface area (Å²) in [6.07, 6.45) is 1.46. The molecule has 0 aliphatic carbocycles. The number of pyridine rings is 1. The number of nitrogens with zero attached hydrogens (tertiary/aromatic N) is 1. The lowest BCUT2D eigenvalue weighted by atomic mass is 10.1. The zero-order chi connectivity index (χ0) is 11.7. The molecule has 0 aliphatic rings. The quantitative estimate of drug-likeness (QED) is 0.852. The molecule has 2 aromatic rings. The summed E-state index contributed by atoms with van der Waals surface area (Å²) in [5.74, 6) is -1.04. The third-order valence-electron chi connectivity index (χ3n) is 2.23. The standard InChI is InChI=1S/C11H9BrF2N2/c1-2-15-8-3-4-16-11-7(13)5-6(12)10(14)9(8)11/h3-5H,2H2,1H3,(H,15,16). The van der Waals surface area contributed by atoms with Crippen molar-refractivity contribution in [3.05, 3.63) is 34.4 Å². The van der Waals surface area contributed by atoms with Crippen molar-refractivity contribution in [1.29, 1.82) is 0 Å². The molecule has 1 N–H and O–H groups in total. The zero-order valence-corrected chi connectivity index (χ0v) is 10.1. The van der Waals surface area contributed by atoms with Crippen LogP contribution in [-0.2, 0) is 0 Å². The largest absolute Gasteiger partial charge is 0.385 e. The highest BCUT2D eigenvalue weighted by molar-refractivity contribution is 9.10. The summed E-state index contributed by atoms with van der Waals surface area (Å²) in [4.78, 5) is 3.85. The molecule has 2 rings (SSSR count). The number of aromatic nitrogens is 1. The second-order valence-electron chi connectivity index (χ2n) is 3.27. The number of nitrogens with one attached hydrogen (secondary N) is 1. The predicted molar refractivity (Wildman–Crippen MR) is 63.5 cm³/mol. The van der Waals surface area contributed by atoms with Crippen LogP contribution in [0.15, 0.2) is 22.8 Å². The molecule has 0 atom stereocenters. The number of anilines is 1. The lowest BCUT2D eigenvalue weighted by Crippen LogP contribution is -2.00. The normalized spacial score (nSPS) is 10.8. The zero-order valence-electron chi connectivity index (χ0n) is 8.52. The van der Waals surface area contributed by atoms with E-state index in [1.807, 2.05) is 6.92 Å². The molecule has 1 aromatic carbocycles. The van der Waals surface area contributed by atoms with Gasteiger partial charge in [0.05, 0.1) is 9.86 Å². The van der Waals surface area contributed by atoms with Gasteiger partial charge < -0.3 is 5.32 Å². The molecule has 0 fully saturated rings. The van der Waals surface area contributed by atoms with E-state index in [0.717, 1.165) is 6.07 Å². The third kappa shape index (κ3) is 1.75. The molecular formula is C11H9BrF2N2. The van der Waals surface area contributed by atoms with Crippen molar-refractivity contribution in [3.8, 4) is 0 Å². The van der Waals surface area contributed by atoms with Crippen LogP contribution in [-0.4, -0.2) is 11.5 Å². The molecule has 0 bridgehead atoms. The Balaban J connectivity index is 2.84. The minimum absolute atomic E-state index is 0.0409. The van der Waals surface area contributed by atoms with Gasteiger partial charge in [0.1, 0.15) is 11.3 Å². The summed E-state index contributed by atoms with van der Waals surface area (Å²) in [5, 5.41) is 3.16. The molecule has 0 unspecified atom stereocenters. The number of hydrogen-bond donors (Lipinski definition) is 1. The highest BCUT2D eigenvalue weighted by atomic mass is 79.9. The smallest absolute Gasteiger partial charge is 0.150 e. The monoisotopic (exact) mass is 286 g/mol. The molecule has 1 aromatic heterocycles. The number of halogens is 3. The Morgan fingerprint density at radius 1 is 1.44 bits per heavy atom. The molecule has 0 saturated heterocycles. The number of benzene rings is 1. The van der Waals surface area contributed by atoms with Crippen molar-refractivity contribution >= 4 is 32.5 Å². The van der Waals surface area contributed by atoms with Crippen LogP contribution in [0, 0.1) is 11.6 Å². The summed E-state index contributed by atoms with van der Waals surface area (Å²) in [6.45, 7) is 2.52. The first-order valence-electron chi connectivity index (χ1n) is 4.81. The van der Waals surface area contributed by atoms with E-state index in [-0.39, 0.29) is 15.4 Å². The molecule has 0 saturated carbocycles. The van der Waals surface area contributed by atoms with E-state index in [1.54, 1.807) is 6.07 Å². The van der Waals surface area contributed by atoms with E-state index in [2.05, 4.69) is 26.2 Å². The highest BCUT2D eigenvalue weighted by Gasteiger charge is 2.14. The van der Waals surface area contributed by atoms with Crippen LogP contribution in [0.4, 0.5) is 14.5 Å². The van der Waals surface area contributed by atoms with Gasteiger partial charge in [0.25, 0.3) is 0 Å². The Labute approximate surface area is 99.8 Å². The Morgan fingerprint density at radius 2 is 2.19 bits per heavy atom. The van der Waals surface area contributed by atoms with Gasteiger partial charge in [-0.25, -0.2) is 8.78 Å². The fraction of sp³-hybridized carbons (Fsp3) is 0.182. The predicted octanol–water partition coefficient (Wildman–Crippen LogP) is 3.71. The fourth-order valence-electron chi connectivity index (χ4n) is 1.57. The number of hydrogen-bond acceptors (Lipinski definition) is 2. The fourth-order valence-corrected chi connectivity index (χ4v) is 1.96. The summed E-state index contributed by atoms with van der Waals surface area (Å²) < 4.78 is 27.5. The molecule has 84 valence electrons. The van der Waals surface area contributed by atoms with E-state index < -0.39 is 11.6 Å². The second kappa shape index (κ2) is 4.33. The maximum Gasteiger partial charge on any atom is 0.150 e. The van der Waals surface area contributed by atoms with Crippen molar-refractivity contribution in [1.82, 2.24) is 4.98 Å². The van der Waals surface area contributed by atoms with Gasteiger partial charge in [0.15, 0.2) is 5.82 Å². The van der Waals surface area contributed by atoms with Gasteiger partial charge in [-0.2, -0.15) is 0 Å². The van der Waals surface area contributed by atoms with E-state index in [9.17, 15) is 8.78 Å². The third-order valence-corrected chi connectivity index (χ3v) is 2.80. The lowest BCUT2D eigenvalue weighted by molar-refractivity contribution is 0.610. The SMILES string of the molecule is CCNc1ccnc2c(F)cc(Br)c(F)c12. The molecule has 0 radical (unpaired) electrons. The van der Waals surface area contributed by atoms with Gasteiger partial charge in [0.2, 0.25) is 0 Å². The van der Waals surface area contributed by atoms with Crippen molar-refractivity contribution in [2.45, 2.75) is 6.92 Å². The number of rotatable bonds is 2.